The number of nitrogens with two attached hydrogens (primary N) is 1. The van der Waals surface area contributed by atoms with E-state index in [9.17, 15) is 9.59 Å². The molecular formula is C20H32BN3O3. The molecule has 7 heteroatoms. The van der Waals surface area contributed by atoms with Gasteiger partial charge in [0.2, 0.25) is 13.3 Å². The number of nitrogens with one attached hydrogen (secondary N) is 1. The third-order valence-electron chi connectivity index (χ3n) is 6.16. The number of benzene rings is 1. The van der Waals surface area contributed by atoms with Gasteiger partial charge in [0.15, 0.2) is 0 Å². The molecule has 0 aliphatic carbocycles. The lowest BCUT2D eigenvalue weighted by atomic mass is 9.62. The van der Waals surface area contributed by atoms with Crippen molar-refractivity contribution in [3.8, 4) is 0 Å². The van der Waals surface area contributed by atoms with E-state index in [0.717, 1.165) is 24.8 Å². The molecule has 1 heterocycles. The van der Waals surface area contributed by atoms with E-state index in [1.807, 2.05) is 30.3 Å². The second-order valence-corrected chi connectivity index (χ2v) is 7.48. The van der Waals surface area contributed by atoms with Gasteiger partial charge in [-0.25, -0.2) is 4.79 Å². The van der Waals surface area contributed by atoms with E-state index in [4.69, 9.17) is 10.6 Å². The summed E-state index contributed by atoms with van der Waals surface area (Å²) in [5, 5.41) is 2.68. The second-order valence-electron chi connectivity index (χ2n) is 7.48. The fourth-order valence-corrected chi connectivity index (χ4v) is 4.22. The van der Waals surface area contributed by atoms with Crippen LogP contribution in [0.25, 0.3) is 0 Å². The predicted molar refractivity (Wildman–Crippen MR) is 108 cm³/mol. The smallest absolute Gasteiger partial charge is 0.328 e. The summed E-state index contributed by atoms with van der Waals surface area (Å²) >= 11 is 0. The number of rotatable bonds is 10. The molecule has 0 bridgehead atoms. The van der Waals surface area contributed by atoms with Crippen LogP contribution in [-0.4, -0.2) is 43.9 Å². The average molecular weight is 373 g/mol. The largest absolute Gasteiger partial charge is 0.467 e. The molecule has 0 spiro atoms. The molecule has 1 saturated heterocycles. The number of hydrogen-bond acceptors (Lipinski definition) is 5. The second kappa shape index (κ2) is 9.90. The van der Waals surface area contributed by atoms with Crippen LogP contribution in [-0.2, 0) is 20.7 Å². The zero-order valence-corrected chi connectivity index (χ0v) is 16.7. The van der Waals surface area contributed by atoms with Crippen LogP contribution in [0.3, 0.4) is 0 Å². The first kappa shape index (κ1) is 21.4. The Balaban J connectivity index is 2.20. The van der Waals surface area contributed by atoms with Crippen molar-refractivity contribution in [3.05, 3.63) is 35.9 Å². The van der Waals surface area contributed by atoms with E-state index in [1.165, 1.54) is 7.11 Å². The van der Waals surface area contributed by atoms with Gasteiger partial charge < -0.3 is 15.0 Å². The Kier molecular flexibility index (Phi) is 7.86. The molecule has 1 amide bonds. The number of likely N-dealkylation sites (tertiary alicyclic amines) is 1. The van der Waals surface area contributed by atoms with Crippen molar-refractivity contribution >= 4 is 19.3 Å². The maximum Gasteiger partial charge on any atom is 0.328 e. The minimum Gasteiger partial charge on any atom is -0.467 e. The zero-order valence-electron chi connectivity index (χ0n) is 16.7. The van der Waals surface area contributed by atoms with Gasteiger partial charge in [0.1, 0.15) is 6.04 Å². The van der Waals surface area contributed by atoms with E-state index in [-0.39, 0.29) is 17.8 Å². The first-order valence-corrected chi connectivity index (χ1v) is 9.86. The summed E-state index contributed by atoms with van der Waals surface area (Å²) in [5.74, 6) is 5.44. The van der Waals surface area contributed by atoms with Gasteiger partial charge in [-0.3, -0.25) is 10.6 Å². The monoisotopic (exact) mass is 373 g/mol. The fourth-order valence-electron chi connectivity index (χ4n) is 4.22. The Hall–Kier alpha value is -1.86. The van der Waals surface area contributed by atoms with Gasteiger partial charge in [-0.2, -0.15) is 0 Å². The Morgan fingerprint density at radius 2 is 2.11 bits per heavy atom. The van der Waals surface area contributed by atoms with Gasteiger partial charge in [-0.15, -0.1) is 0 Å². The number of hydrogen-bond donors (Lipinski definition) is 2. The molecule has 3 N–H and O–H groups in total. The van der Waals surface area contributed by atoms with Crippen molar-refractivity contribution in [2.45, 2.75) is 51.9 Å². The van der Waals surface area contributed by atoms with Crippen LogP contribution in [0.2, 0.25) is 6.32 Å². The molecule has 27 heavy (non-hydrogen) atoms. The minimum atomic E-state index is -0.542. The fraction of sp³-hybridized carbons (Fsp3) is 0.600. The Labute approximate surface area is 163 Å². The molecule has 1 aliphatic heterocycles. The minimum absolute atomic E-state index is 0.0653. The highest BCUT2D eigenvalue weighted by Gasteiger charge is 2.51. The van der Waals surface area contributed by atoms with Gasteiger partial charge in [-0.05, 0) is 37.1 Å². The molecule has 148 valence electrons. The van der Waals surface area contributed by atoms with Crippen LogP contribution < -0.4 is 11.2 Å². The molecule has 0 saturated carbocycles. The molecule has 2 unspecified atom stereocenters. The third kappa shape index (κ3) is 4.71. The molecule has 1 aromatic rings. The van der Waals surface area contributed by atoms with Crippen LogP contribution >= 0.6 is 0 Å². The van der Waals surface area contributed by atoms with Crippen molar-refractivity contribution in [1.82, 2.24) is 10.2 Å². The molecule has 1 aliphatic rings. The normalized spacial score (nSPS) is 21.8. The van der Waals surface area contributed by atoms with Crippen molar-refractivity contribution in [2.24, 2.45) is 17.2 Å². The summed E-state index contributed by atoms with van der Waals surface area (Å²) in [5.41, 5.74) is 0.693. The molecule has 2 rings (SSSR count). The van der Waals surface area contributed by atoms with Crippen LogP contribution in [0, 0.1) is 11.3 Å². The maximum atomic E-state index is 13.5. The number of nitrogens with zero attached hydrogens (tertiary/aromatic N) is 1. The highest BCUT2D eigenvalue weighted by Crippen LogP contribution is 2.44. The van der Waals surface area contributed by atoms with Crippen molar-refractivity contribution in [3.63, 3.8) is 0 Å². The molecular weight excluding hydrogens is 341 g/mol. The van der Waals surface area contributed by atoms with Gasteiger partial charge in [0.25, 0.3) is 0 Å². The number of amides is 1. The lowest BCUT2D eigenvalue weighted by Gasteiger charge is -2.35. The highest BCUT2D eigenvalue weighted by molar-refractivity contribution is 6.33. The third-order valence-corrected chi connectivity index (χ3v) is 6.16. The zero-order chi connectivity index (χ0) is 19.9. The first-order valence-electron chi connectivity index (χ1n) is 9.86. The van der Waals surface area contributed by atoms with Crippen molar-refractivity contribution in [2.75, 3.05) is 13.7 Å². The van der Waals surface area contributed by atoms with Gasteiger partial charge in [-0.1, -0.05) is 50.6 Å². The SMILES string of the molecule is CCC(C)[C@@]1(CBNN)CCN(C(CCc2ccccc2)C(=O)OC)C1=O. The van der Waals surface area contributed by atoms with Crippen LogP contribution in [0.4, 0.5) is 0 Å². The topological polar surface area (TPSA) is 84.7 Å². The Morgan fingerprint density at radius 1 is 1.41 bits per heavy atom. The van der Waals surface area contributed by atoms with Gasteiger partial charge in [0, 0.05) is 12.0 Å². The lowest BCUT2D eigenvalue weighted by Crippen LogP contribution is -2.48. The number of ether oxygens (including phenoxy) is 1. The molecule has 1 aromatic carbocycles. The summed E-state index contributed by atoms with van der Waals surface area (Å²) in [6.07, 6.45) is 3.64. The summed E-state index contributed by atoms with van der Waals surface area (Å²) in [6, 6.07) is 9.47. The Bertz CT molecular complexity index is 628. The molecule has 6 nitrogen and oxygen atoms in total. The van der Waals surface area contributed by atoms with Gasteiger partial charge >= 0.3 is 5.97 Å². The summed E-state index contributed by atoms with van der Waals surface area (Å²) in [4.78, 5) is 27.7. The summed E-state index contributed by atoms with van der Waals surface area (Å²) < 4.78 is 5.03. The number of hydrazine groups is 1. The summed E-state index contributed by atoms with van der Waals surface area (Å²) in [6.45, 7) is 4.81. The molecule has 3 atom stereocenters. The molecule has 1 fully saturated rings. The van der Waals surface area contributed by atoms with Gasteiger partial charge in [0.05, 0.1) is 7.11 Å². The van der Waals surface area contributed by atoms with Crippen molar-refractivity contribution < 1.29 is 14.3 Å². The van der Waals surface area contributed by atoms with Crippen molar-refractivity contribution in [1.29, 1.82) is 0 Å². The van der Waals surface area contributed by atoms with E-state index >= 15 is 0 Å². The Morgan fingerprint density at radius 3 is 2.70 bits per heavy atom. The van der Waals surface area contributed by atoms with Crippen LogP contribution in [0.15, 0.2) is 30.3 Å². The number of carbonyl (C=O) groups excluding carboxylic acids is 2. The summed E-state index contributed by atoms with van der Waals surface area (Å²) in [7, 11) is 1.97. The number of methoxy groups -OCH3 is 1. The van der Waals surface area contributed by atoms with E-state index in [0.29, 0.717) is 26.7 Å². The first-order chi connectivity index (χ1) is 13.0. The number of carbonyl (C=O) groups is 2. The van der Waals surface area contributed by atoms with E-state index in [1.54, 1.807) is 4.90 Å². The highest BCUT2D eigenvalue weighted by atomic mass is 16.5. The maximum absolute atomic E-state index is 13.5. The number of aryl methyl sites for hydroxylation is 1. The number of esters is 1. The van der Waals surface area contributed by atoms with E-state index < -0.39 is 11.5 Å². The van der Waals surface area contributed by atoms with E-state index in [2.05, 4.69) is 19.2 Å². The average Bonchev–Trinajstić information content (AvgIpc) is 3.03. The van der Waals surface area contributed by atoms with Crippen LogP contribution in [0.1, 0.15) is 38.7 Å². The standard InChI is InChI=1S/C20H32BN3O3/c1-4-15(2)20(14-21-23-22)12-13-24(19(20)26)17(18(25)27-3)11-10-16-8-6-5-7-9-16/h5-9,15,17,21,23H,4,10-14,22H2,1-3H3/t15?,17?,20-/m0/s1. The molecule has 0 radical (unpaired) electrons. The lowest BCUT2D eigenvalue weighted by molar-refractivity contribution is -0.154. The van der Waals surface area contributed by atoms with Crippen LogP contribution in [0.5, 0.6) is 0 Å². The quantitative estimate of drug-likeness (QED) is 0.282. The predicted octanol–water partition coefficient (Wildman–Crippen LogP) is 1.66. The molecule has 0 aromatic heterocycles.